The lowest BCUT2D eigenvalue weighted by atomic mass is 10.00. The van der Waals surface area contributed by atoms with Crippen LogP contribution in [0.4, 0.5) is 0 Å². The summed E-state index contributed by atoms with van der Waals surface area (Å²) in [6, 6.07) is 6.69. The van der Waals surface area contributed by atoms with Gasteiger partial charge in [0.25, 0.3) is 5.91 Å². The van der Waals surface area contributed by atoms with Crippen LogP contribution < -0.4 is 5.32 Å². The summed E-state index contributed by atoms with van der Waals surface area (Å²) in [6.45, 7) is 1.05. The third kappa shape index (κ3) is 4.12. The van der Waals surface area contributed by atoms with Crippen molar-refractivity contribution >= 4 is 58.2 Å². The summed E-state index contributed by atoms with van der Waals surface area (Å²) in [6.07, 6.45) is 0. The first-order valence-electron chi connectivity index (χ1n) is 9.29. The van der Waals surface area contributed by atoms with Crippen LogP contribution in [0.15, 0.2) is 46.3 Å². The zero-order valence-electron chi connectivity index (χ0n) is 16.3. The Morgan fingerprint density at radius 2 is 1.87 bits per heavy atom. The molecular formula is C20H18N2O6S3. The number of rotatable bonds is 7. The number of nitrogens with one attached hydrogen (secondary N) is 1. The van der Waals surface area contributed by atoms with Gasteiger partial charge in [-0.1, -0.05) is 12.1 Å². The molecule has 31 heavy (non-hydrogen) atoms. The van der Waals surface area contributed by atoms with E-state index < -0.39 is 35.2 Å². The maximum absolute atomic E-state index is 13.2. The number of hydrogen-bond donors (Lipinski definition) is 2. The van der Waals surface area contributed by atoms with Crippen LogP contribution in [0.25, 0.3) is 0 Å². The summed E-state index contributed by atoms with van der Waals surface area (Å²) in [4.78, 5) is 51.8. The normalized spacial score (nSPS) is 20.3. The fourth-order valence-electron chi connectivity index (χ4n) is 3.53. The van der Waals surface area contributed by atoms with E-state index in [-0.39, 0.29) is 24.0 Å². The van der Waals surface area contributed by atoms with E-state index in [0.717, 1.165) is 9.75 Å². The summed E-state index contributed by atoms with van der Waals surface area (Å²) in [5.41, 5.74) is 0.186. The van der Waals surface area contributed by atoms with E-state index in [2.05, 4.69) is 5.32 Å². The average Bonchev–Trinajstić information content (AvgIpc) is 3.44. The van der Waals surface area contributed by atoms with Crippen molar-refractivity contribution in [1.29, 1.82) is 0 Å². The number of ether oxygens (including phenoxy) is 1. The number of thioether (sulfide) groups is 1. The largest absolute Gasteiger partial charge is 0.477 e. The number of hydrogen-bond acceptors (Lipinski definition) is 8. The molecule has 0 aliphatic carbocycles. The third-order valence-electron chi connectivity index (χ3n) is 4.91. The van der Waals surface area contributed by atoms with Crippen LogP contribution in [0.1, 0.15) is 22.6 Å². The van der Waals surface area contributed by atoms with Gasteiger partial charge in [0.05, 0.1) is 0 Å². The molecule has 8 nitrogen and oxygen atoms in total. The number of thiophene rings is 2. The monoisotopic (exact) mass is 478 g/mol. The van der Waals surface area contributed by atoms with E-state index in [1.54, 1.807) is 0 Å². The second kappa shape index (κ2) is 8.85. The van der Waals surface area contributed by atoms with Crippen molar-refractivity contribution in [2.24, 2.45) is 0 Å². The molecule has 2 aliphatic rings. The lowest BCUT2D eigenvalue weighted by Gasteiger charge is -2.49. The van der Waals surface area contributed by atoms with Crippen LogP contribution in [-0.2, 0) is 23.9 Å². The molecule has 2 N–H and O–H groups in total. The van der Waals surface area contributed by atoms with Crippen LogP contribution in [-0.4, -0.2) is 57.5 Å². The van der Waals surface area contributed by atoms with Gasteiger partial charge in [-0.2, -0.15) is 0 Å². The minimum Gasteiger partial charge on any atom is -0.477 e. The molecule has 0 radical (unpaired) electrons. The minimum absolute atomic E-state index is 0.173. The van der Waals surface area contributed by atoms with Crippen LogP contribution >= 0.6 is 34.4 Å². The fraction of sp³-hybridized carbons (Fsp3) is 0.300. The highest BCUT2D eigenvalue weighted by Crippen LogP contribution is 2.41. The summed E-state index contributed by atoms with van der Waals surface area (Å²) in [7, 11) is 0. The quantitative estimate of drug-likeness (QED) is 0.464. The Labute approximate surface area is 189 Å². The molecule has 2 aromatic heterocycles. The topological polar surface area (TPSA) is 113 Å². The van der Waals surface area contributed by atoms with E-state index in [4.69, 9.17) is 4.74 Å². The standard InChI is InChI=1S/C20H18N2O6S3/c1-10(23)28-8-11-9-31-19-15(18(25)22(19)16(11)20(26)27)21-17(24)14(12-4-2-6-29-12)13-5-3-7-30-13/h2-7,14-15,19H,8-9H2,1H3,(H,21,24)(H,26,27). The minimum atomic E-state index is -1.26. The van der Waals surface area contributed by atoms with Gasteiger partial charge in [0, 0.05) is 28.0 Å². The Balaban J connectivity index is 1.53. The van der Waals surface area contributed by atoms with Gasteiger partial charge in [-0.05, 0) is 22.9 Å². The van der Waals surface area contributed by atoms with Crippen molar-refractivity contribution in [2.45, 2.75) is 24.3 Å². The molecule has 1 fully saturated rings. The Bertz CT molecular complexity index is 1010. The molecular weight excluding hydrogens is 460 g/mol. The number of esters is 1. The van der Waals surface area contributed by atoms with Crippen molar-refractivity contribution in [3.8, 4) is 0 Å². The molecule has 162 valence electrons. The van der Waals surface area contributed by atoms with Crippen molar-refractivity contribution in [3.05, 3.63) is 56.1 Å². The summed E-state index contributed by atoms with van der Waals surface area (Å²) >= 11 is 4.27. The molecule has 11 heteroatoms. The maximum atomic E-state index is 13.2. The van der Waals surface area contributed by atoms with Crippen molar-refractivity contribution < 1.29 is 29.0 Å². The molecule has 0 spiro atoms. The molecule has 0 bridgehead atoms. The molecule has 2 aromatic rings. The van der Waals surface area contributed by atoms with Gasteiger partial charge >= 0.3 is 11.9 Å². The Morgan fingerprint density at radius 3 is 2.39 bits per heavy atom. The molecule has 4 rings (SSSR count). The van der Waals surface area contributed by atoms with Crippen molar-refractivity contribution in [3.63, 3.8) is 0 Å². The zero-order valence-corrected chi connectivity index (χ0v) is 18.7. The van der Waals surface area contributed by atoms with Crippen LogP contribution in [0.5, 0.6) is 0 Å². The summed E-state index contributed by atoms with van der Waals surface area (Å²) < 4.78 is 4.93. The fourth-order valence-corrected chi connectivity index (χ4v) is 6.61. The number of fused-ring (bicyclic) bond motifs is 1. The number of carbonyl (C=O) groups excluding carboxylic acids is 3. The SMILES string of the molecule is CC(=O)OCC1=C(C(=O)O)N2C(=O)C(NC(=O)C(c3cccs3)c3cccs3)C2SC1. The van der Waals surface area contributed by atoms with Gasteiger partial charge in [0.1, 0.15) is 29.6 Å². The van der Waals surface area contributed by atoms with Gasteiger partial charge in [0.15, 0.2) is 0 Å². The summed E-state index contributed by atoms with van der Waals surface area (Å²) in [5, 5.41) is 15.7. The van der Waals surface area contributed by atoms with E-state index in [0.29, 0.717) is 5.57 Å². The Kier molecular flexibility index (Phi) is 6.17. The molecule has 4 heterocycles. The molecule has 0 saturated carbocycles. The Morgan fingerprint density at radius 1 is 1.23 bits per heavy atom. The van der Waals surface area contributed by atoms with Crippen molar-refractivity contribution in [1.82, 2.24) is 10.2 Å². The number of nitrogens with zero attached hydrogens (tertiary/aromatic N) is 1. The highest BCUT2D eigenvalue weighted by molar-refractivity contribution is 8.00. The molecule has 2 unspecified atom stereocenters. The number of β-lactam (4-membered cyclic amide) rings is 1. The molecule has 2 atom stereocenters. The van der Waals surface area contributed by atoms with E-state index in [1.807, 2.05) is 35.0 Å². The number of carboxylic acids is 1. The predicted molar refractivity (Wildman–Crippen MR) is 117 cm³/mol. The van der Waals surface area contributed by atoms with Gasteiger partial charge < -0.3 is 15.2 Å². The summed E-state index contributed by atoms with van der Waals surface area (Å²) in [5.74, 6) is -2.81. The second-order valence-corrected chi connectivity index (χ2v) is 9.96. The maximum Gasteiger partial charge on any atom is 0.352 e. The number of aliphatic carboxylic acids is 1. The molecule has 2 amide bonds. The van der Waals surface area contributed by atoms with Gasteiger partial charge in [-0.15, -0.1) is 34.4 Å². The first-order chi connectivity index (χ1) is 14.9. The molecule has 2 aliphatic heterocycles. The van der Waals surface area contributed by atoms with Gasteiger partial charge in [0.2, 0.25) is 5.91 Å². The molecule has 1 saturated heterocycles. The third-order valence-corrected chi connectivity index (χ3v) is 8.13. The van der Waals surface area contributed by atoms with Gasteiger partial charge in [-0.3, -0.25) is 19.3 Å². The van der Waals surface area contributed by atoms with Crippen LogP contribution in [0.2, 0.25) is 0 Å². The highest BCUT2D eigenvalue weighted by atomic mass is 32.2. The number of amides is 2. The second-order valence-electron chi connectivity index (χ2n) is 6.90. The highest BCUT2D eigenvalue weighted by Gasteiger charge is 2.54. The first-order valence-corrected chi connectivity index (χ1v) is 12.1. The average molecular weight is 479 g/mol. The van der Waals surface area contributed by atoms with E-state index in [1.165, 1.54) is 46.3 Å². The first kappa shape index (κ1) is 21.6. The molecule has 0 aromatic carbocycles. The number of carbonyl (C=O) groups is 4. The van der Waals surface area contributed by atoms with Crippen LogP contribution in [0.3, 0.4) is 0 Å². The van der Waals surface area contributed by atoms with Gasteiger partial charge in [-0.25, -0.2) is 4.79 Å². The zero-order chi connectivity index (χ0) is 22.1. The Hall–Kier alpha value is -2.63. The van der Waals surface area contributed by atoms with E-state index >= 15 is 0 Å². The van der Waals surface area contributed by atoms with Crippen molar-refractivity contribution in [2.75, 3.05) is 12.4 Å². The van der Waals surface area contributed by atoms with E-state index in [9.17, 15) is 24.3 Å². The lowest BCUT2D eigenvalue weighted by molar-refractivity contribution is -0.151. The van der Waals surface area contributed by atoms with Crippen LogP contribution in [0, 0.1) is 0 Å². The lowest BCUT2D eigenvalue weighted by Crippen LogP contribution is -2.71. The predicted octanol–water partition coefficient (Wildman–Crippen LogP) is 2.24. The smallest absolute Gasteiger partial charge is 0.352 e. The number of carboxylic acid groups (broad SMARTS) is 1.